The first-order valence-corrected chi connectivity index (χ1v) is 6.80. The number of hydrogen-bond donors (Lipinski definition) is 1. The van der Waals surface area contributed by atoms with Crippen LogP contribution in [0.1, 0.15) is 11.1 Å². The molecule has 2 aromatic carbocycles. The van der Waals surface area contributed by atoms with Crippen LogP contribution in [0.5, 0.6) is 5.75 Å². The molecule has 4 heteroatoms. The van der Waals surface area contributed by atoms with Crippen LogP contribution in [0.4, 0.5) is 4.39 Å². The van der Waals surface area contributed by atoms with Crippen LogP contribution in [0.15, 0.2) is 42.5 Å². The van der Waals surface area contributed by atoms with Gasteiger partial charge < -0.3 is 10.5 Å². The monoisotopic (exact) mass is 293 g/mol. The summed E-state index contributed by atoms with van der Waals surface area (Å²) >= 11 is 5.77. The van der Waals surface area contributed by atoms with Crippen LogP contribution in [0, 0.1) is 5.82 Å². The summed E-state index contributed by atoms with van der Waals surface area (Å²) in [5.74, 6) is 0.416. The van der Waals surface area contributed by atoms with Crippen molar-refractivity contribution >= 4 is 11.6 Å². The molecule has 106 valence electrons. The Balaban J connectivity index is 2.09. The molecule has 0 saturated heterocycles. The lowest BCUT2D eigenvalue weighted by Crippen LogP contribution is -2.26. The molecular formula is C16H17ClFNO. The van der Waals surface area contributed by atoms with Crippen LogP contribution in [0.2, 0.25) is 5.02 Å². The largest absolute Gasteiger partial charge is 0.496 e. The van der Waals surface area contributed by atoms with E-state index in [9.17, 15) is 4.39 Å². The molecule has 0 heterocycles. The summed E-state index contributed by atoms with van der Waals surface area (Å²) in [4.78, 5) is 0. The van der Waals surface area contributed by atoms with Gasteiger partial charge in [-0.05, 0) is 36.1 Å². The van der Waals surface area contributed by atoms with Gasteiger partial charge in [0.1, 0.15) is 11.6 Å². The highest BCUT2D eigenvalue weighted by molar-refractivity contribution is 6.30. The van der Waals surface area contributed by atoms with Gasteiger partial charge in [0.25, 0.3) is 0 Å². The van der Waals surface area contributed by atoms with E-state index in [0.717, 1.165) is 11.3 Å². The number of para-hydroxylation sites is 1. The van der Waals surface area contributed by atoms with Crippen LogP contribution in [-0.4, -0.2) is 13.2 Å². The van der Waals surface area contributed by atoms with Gasteiger partial charge in [-0.1, -0.05) is 41.9 Å². The molecule has 20 heavy (non-hydrogen) atoms. The zero-order chi connectivity index (χ0) is 14.5. The van der Waals surface area contributed by atoms with E-state index in [1.807, 2.05) is 24.3 Å². The van der Waals surface area contributed by atoms with Crippen molar-refractivity contribution < 1.29 is 9.13 Å². The molecule has 0 fully saturated rings. The minimum Gasteiger partial charge on any atom is -0.496 e. The highest BCUT2D eigenvalue weighted by Gasteiger charge is 2.13. The smallest absolute Gasteiger partial charge is 0.145 e. The van der Waals surface area contributed by atoms with Crippen LogP contribution >= 0.6 is 11.6 Å². The fraction of sp³-hybridized carbons (Fsp3) is 0.250. The second kappa shape index (κ2) is 6.73. The number of hydrogen-bond acceptors (Lipinski definition) is 2. The maximum absolute atomic E-state index is 13.8. The Kier molecular flexibility index (Phi) is 4.99. The Labute approximate surface area is 123 Å². The second-order valence-electron chi connectivity index (χ2n) is 4.69. The average Bonchev–Trinajstić information content (AvgIpc) is 2.44. The fourth-order valence-electron chi connectivity index (χ4n) is 2.21. The normalized spacial score (nSPS) is 12.2. The summed E-state index contributed by atoms with van der Waals surface area (Å²) in [6.07, 6.45) is 1.06. The number of ether oxygens (including phenoxy) is 1. The number of nitrogens with two attached hydrogens (primary N) is 1. The van der Waals surface area contributed by atoms with Gasteiger partial charge in [-0.15, -0.1) is 0 Å². The molecule has 0 spiro atoms. The lowest BCUT2D eigenvalue weighted by molar-refractivity contribution is 0.407. The Hall–Kier alpha value is -1.58. The van der Waals surface area contributed by atoms with Gasteiger partial charge in [0, 0.05) is 6.04 Å². The van der Waals surface area contributed by atoms with E-state index in [-0.39, 0.29) is 16.9 Å². The van der Waals surface area contributed by atoms with Crippen molar-refractivity contribution in [1.29, 1.82) is 0 Å². The zero-order valence-electron chi connectivity index (χ0n) is 11.3. The van der Waals surface area contributed by atoms with Crippen LogP contribution in [0.3, 0.4) is 0 Å². The van der Waals surface area contributed by atoms with Crippen molar-refractivity contribution in [3.63, 3.8) is 0 Å². The van der Waals surface area contributed by atoms with Gasteiger partial charge in [-0.25, -0.2) is 4.39 Å². The summed E-state index contributed by atoms with van der Waals surface area (Å²) in [5.41, 5.74) is 7.68. The molecule has 2 N–H and O–H groups in total. The average molecular weight is 294 g/mol. The van der Waals surface area contributed by atoms with E-state index in [4.69, 9.17) is 22.1 Å². The SMILES string of the molecule is COc1ccccc1CC(N)Cc1cccc(Cl)c1F. The highest BCUT2D eigenvalue weighted by atomic mass is 35.5. The Morgan fingerprint density at radius 1 is 1.10 bits per heavy atom. The van der Waals surface area contributed by atoms with Crippen LogP contribution < -0.4 is 10.5 Å². The van der Waals surface area contributed by atoms with E-state index < -0.39 is 0 Å². The summed E-state index contributed by atoms with van der Waals surface area (Å²) in [7, 11) is 1.63. The Bertz CT molecular complexity index is 588. The van der Waals surface area contributed by atoms with E-state index in [2.05, 4.69) is 0 Å². The van der Waals surface area contributed by atoms with Gasteiger partial charge in [-0.2, -0.15) is 0 Å². The van der Waals surface area contributed by atoms with Gasteiger partial charge in [0.2, 0.25) is 0 Å². The third-order valence-corrected chi connectivity index (χ3v) is 3.48. The Morgan fingerprint density at radius 3 is 2.50 bits per heavy atom. The highest BCUT2D eigenvalue weighted by Crippen LogP contribution is 2.22. The quantitative estimate of drug-likeness (QED) is 0.914. The first kappa shape index (κ1) is 14.8. The lowest BCUT2D eigenvalue weighted by Gasteiger charge is -2.15. The van der Waals surface area contributed by atoms with Gasteiger partial charge in [-0.3, -0.25) is 0 Å². The first-order valence-electron chi connectivity index (χ1n) is 6.42. The molecule has 2 rings (SSSR count). The molecule has 2 aromatic rings. The summed E-state index contributed by atoms with van der Waals surface area (Å²) in [5, 5.41) is 0.131. The maximum Gasteiger partial charge on any atom is 0.145 e. The zero-order valence-corrected chi connectivity index (χ0v) is 12.0. The standard InChI is InChI=1S/C16H17ClFNO/c1-20-15-8-3-2-5-11(15)9-13(19)10-12-6-4-7-14(17)16(12)18/h2-8,13H,9-10,19H2,1H3. The van der Waals surface area contributed by atoms with Crippen molar-refractivity contribution in [3.8, 4) is 5.75 Å². The molecule has 0 aliphatic carbocycles. The van der Waals surface area contributed by atoms with Crippen LogP contribution in [0.25, 0.3) is 0 Å². The second-order valence-corrected chi connectivity index (χ2v) is 5.10. The van der Waals surface area contributed by atoms with Crippen LogP contribution in [-0.2, 0) is 12.8 Å². The van der Waals surface area contributed by atoms with E-state index in [1.165, 1.54) is 6.07 Å². The van der Waals surface area contributed by atoms with E-state index in [0.29, 0.717) is 18.4 Å². The van der Waals surface area contributed by atoms with Gasteiger partial charge in [0.05, 0.1) is 12.1 Å². The third-order valence-electron chi connectivity index (χ3n) is 3.19. The summed E-state index contributed by atoms with van der Waals surface area (Å²) < 4.78 is 19.1. The minimum absolute atomic E-state index is 0.131. The van der Waals surface area contributed by atoms with Crippen molar-refractivity contribution in [2.24, 2.45) is 5.73 Å². The fourth-order valence-corrected chi connectivity index (χ4v) is 2.41. The molecule has 0 aromatic heterocycles. The molecule has 0 aliphatic rings. The predicted octanol–water partition coefficient (Wildman–Crippen LogP) is 3.60. The molecule has 0 radical (unpaired) electrons. The molecule has 2 nitrogen and oxygen atoms in total. The molecule has 1 unspecified atom stereocenters. The van der Waals surface area contributed by atoms with E-state index in [1.54, 1.807) is 19.2 Å². The number of methoxy groups -OCH3 is 1. The van der Waals surface area contributed by atoms with Crippen molar-refractivity contribution in [1.82, 2.24) is 0 Å². The number of halogens is 2. The molecule has 0 bridgehead atoms. The van der Waals surface area contributed by atoms with Crippen molar-refractivity contribution in [2.45, 2.75) is 18.9 Å². The predicted molar refractivity (Wildman–Crippen MR) is 79.8 cm³/mol. The van der Waals surface area contributed by atoms with Crippen molar-refractivity contribution in [2.75, 3.05) is 7.11 Å². The summed E-state index contributed by atoms with van der Waals surface area (Å²) in [6.45, 7) is 0. The summed E-state index contributed by atoms with van der Waals surface area (Å²) in [6, 6.07) is 12.5. The number of benzene rings is 2. The van der Waals surface area contributed by atoms with E-state index >= 15 is 0 Å². The molecule has 0 amide bonds. The Morgan fingerprint density at radius 2 is 1.75 bits per heavy atom. The first-order chi connectivity index (χ1) is 9.61. The maximum atomic E-state index is 13.8. The molecular weight excluding hydrogens is 277 g/mol. The molecule has 0 saturated carbocycles. The van der Waals surface area contributed by atoms with Gasteiger partial charge >= 0.3 is 0 Å². The minimum atomic E-state index is -0.385. The van der Waals surface area contributed by atoms with Crippen molar-refractivity contribution in [3.05, 3.63) is 64.4 Å². The molecule has 0 aliphatic heterocycles. The third kappa shape index (κ3) is 3.50. The lowest BCUT2D eigenvalue weighted by atomic mass is 9.99. The molecule has 1 atom stereocenters. The van der Waals surface area contributed by atoms with Gasteiger partial charge in [0.15, 0.2) is 0 Å². The topological polar surface area (TPSA) is 35.2 Å². The number of rotatable bonds is 5.